The lowest BCUT2D eigenvalue weighted by Gasteiger charge is -2.42. The number of carbonyl (C=O) groups excluding carboxylic acids is 1. The van der Waals surface area contributed by atoms with Gasteiger partial charge in [-0.3, -0.25) is 9.36 Å². The van der Waals surface area contributed by atoms with Crippen molar-refractivity contribution in [2.45, 2.75) is 32.5 Å². The SMILES string of the molecule is CC1(C)COP(=O)(C2(C)CC(C(N)=O)CN2O)OC1. The topological polar surface area (TPSA) is 102 Å². The van der Waals surface area contributed by atoms with E-state index in [1.165, 1.54) is 0 Å². The molecule has 2 aliphatic rings. The van der Waals surface area contributed by atoms with Crippen LogP contribution < -0.4 is 5.73 Å². The first kappa shape index (κ1) is 14.9. The van der Waals surface area contributed by atoms with Crippen LogP contribution in [0.15, 0.2) is 0 Å². The van der Waals surface area contributed by atoms with Crippen molar-refractivity contribution in [1.29, 1.82) is 0 Å². The van der Waals surface area contributed by atoms with E-state index in [4.69, 9.17) is 14.8 Å². The second kappa shape index (κ2) is 4.53. The maximum atomic E-state index is 12.8. The Labute approximate surface area is 112 Å². The third kappa shape index (κ3) is 2.45. The van der Waals surface area contributed by atoms with Crippen LogP contribution in [0.25, 0.3) is 0 Å². The largest absolute Gasteiger partial charge is 0.369 e. The molecule has 0 spiro atoms. The molecule has 2 aliphatic heterocycles. The van der Waals surface area contributed by atoms with E-state index in [1.54, 1.807) is 6.92 Å². The molecule has 0 aromatic heterocycles. The number of hydrogen-bond acceptors (Lipinski definition) is 6. The van der Waals surface area contributed by atoms with Crippen molar-refractivity contribution in [3.05, 3.63) is 0 Å². The Morgan fingerprint density at radius 3 is 2.32 bits per heavy atom. The molecule has 2 saturated heterocycles. The van der Waals surface area contributed by atoms with Crippen molar-refractivity contribution in [3.8, 4) is 0 Å². The summed E-state index contributed by atoms with van der Waals surface area (Å²) in [5.41, 5.74) is 5.03. The predicted octanol–water partition coefficient (Wildman–Crippen LogP) is 1.17. The van der Waals surface area contributed by atoms with Gasteiger partial charge in [0.1, 0.15) is 5.28 Å². The van der Waals surface area contributed by atoms with Gasteiger partial charge in [-0.15, -0.1) is 0 Å². The first-order chi connectivity index (χ1) is 8.60. The van der Waals surface area contributed by atoms with E-state index < -0.39 is 24.7 Å². The fourth-order valence-corrected chi connectivity index (χ4v) is 4.84. The summed E-state index contributed by atoms with van der Waals surface area (Å²) >= 11 is 0. The minimum Gasteiger partial charge on any atom is -0.369 e. The number of nitrogens with zero attached hydrogens (tertiary/aromatic N) is 1. The molecule has 0 saturated carbocycles. The van der Waals surface area contributed by atoms with E-state index >= 15 is 0 Å². The first-order valence-electron chi connectivity index (χ1n) is 6.25. The summed E-state index contributed by atoms with van der Waals surface area (Å²) in [6, 6.07) is 0. The minimum absolute atomic E-state index is 0.0476. The van der Waals surface area contributed by atoms with Crippen LogP contribution in [0.2, 0.25) is 0 Å². The zero-order valence-corrected chi connectivity index (χ0v) is 12.4. The molecule has 8 heteroatoms. The first-order valence-corrected chi connectivity index (χ1v) is 7.79. The number of hydroxylamine groups is 2. The molecule has 0 radical (unpaired) electrons. The van der Waals surface area contributed by atoms with Crippen LogP contribution in [0.5, 0.6) is 0 Å². The van der Waals surface area contributed by atoms with E-state index in [-0.39, 0.29) is 31.6 Å². The van der Waals surface area contributed by atoms with Gasteiger partial charge < -0.3 is 20.0 Å². The van der Waals surface area contributed by atoms with Gasteiger partial charge in [0.05, 0.1) is 19.1 Å². The second-order valence-corrected chi connectivity index (χ2v) is 8.79. The zero-order valence-electron chi connectivity index (χ0n) is 11.5. The Kier molecular flexibility index (Phi) is 3.56. The van der Waals surface area contributed by atoms with Crippen LogP contribution in [-0.2, 0) is 18.4 Å². The smallest absolute Gasteiger partial charge is 0.352 e. The molecule has 0 bridgehead atoms. The van der Waals surface area contributed by atoms with Crippen molar-refractivity contribution >= 4 is 13.5 Å². The third-order valence-electron chi connectivity index (χ3n) is 3.83. The minimum atomic E-state index is -3.52. The Balaban J connectivity index is 2.21. The van der Waals surface area contributed by atoms with Gasteiger partial charge in [0.15, 0.2) is 0 Å². The Bertz CT molecular complexity index is 427. The average Bonchev–Trinajstić information content (AvgIpc) is 2.62. The van der Waals surface area contributed by atoms with Crippen molar-refractivity contribution in [1.82, 2.24) is 5.06 Å². The predicted molar refractivity (Wildman–Crippen MR) is 67.5 cm³/mol. The normalized spacial score (nSPS) is 38.2. The zero-order chi connectivity index (χ0) is 14.5. The van der Waals surface area contributed by atoms with Crippen molar-refractivity contribution in [2.75, 3.05) is 19.8 Å². The Hall–Kier alpha value is -0.460. The van der Waals surface area contributed by atoms with Crippen LogP contribution in [0.4, 0.5) is 0 Å². The maximum absolute atomic E-state index is 12.8. The van der Waals surface area contributed by atoms with E-state index in [0.717, 1.165) is 5.06 Å². The van der Waals surface area contributed by atoms with Crippen LogP contribution in [0.3, 0.4) is 0 Å². The summed E-state index contributed by atoms with van der Waals surface area (Å²) < 4.78 is 23.7. The molecular formula is C11H21N2O5P. The number of primary amides is 1. The number of amides is 1. The molecule has 7 nitrogen and oxygen atoms in total. The van der Waals surface area contributed by atoms with E-state index in [9.17, 15) is 14.6 Å². The van der Waals surface area contributed by atoms with Gasteiger partial charge in [-0.05, 0) is 13.3 Å². The van der Waals surface area contributed by atoms with Gasteiger partial charge in [-0.25, -0.2) is 0 Å². The highest BCUT2D eigenvalue weighted by Gasteiger charge is 2.59. The Morgan fingerprint density at radius 2 is 1.89 bits per heavy atom. The fraction of sp³-hybridized carbons (Fsp3) is 0.909. The molecule has 2 fully saturated rings. The van der Waals surface area contributed by atoms with Crippen molar-refractivity contribution in [2.24, 2.45) is 17.1 Å². The van der Waals surface area contributed by atoms with Crippen molar-refractivity contribution < 1.29 is 23.6 Å². The molecule has 2 unspecified atom stereocenters. The lowest BCUT2D eigenvalue weighted by molar-refractivity contribution is -0.132. The van der Waals surface area contributed by atoms with Gasteiger partial charge in [0.2, 0.25) is 5.91 Å². The highest BCUT2D eigenvalue weighted by atomic mass is 31.2. The molecule has 0 aromatic carbocycles. The number of carbonyl (C=O) groups is 1. The molecule has 19 heavy (non-hydrogen) atoms. The van der Waals surface area contributed by atoms with Gasteiger partial charge in [0.25, 0.3) is 0 Å². The molecular weight excluding hydrogens is 271 g/mol. The van der Waals surface area contributed by atoms with E-state index in [2.05, 4.69) is 0 Å². The lowest BCUT2D eigenvalue weighted by atomic mass is 9.97. The summed E-state index contributed by atoms with van der Waals surface area (Å²) in [4.78, 5) is 11.2. The lowest BCUT2D eigenvalue weighted by Crippen LogP contribution is -2.43. The summed E-state index contributed by atoms with van der Waals surface area (Å²) in [5, 5.41) is 9.67. The monoisotopic (exact) mass is 292 g/mol. The summed E-state index contributed by atoms with van der Waals surface area (Å²) in [6.07, 6.45) is 0.163. The van der Waals surface area contributed by atoms with Gasteiger partial charge in [-0.2, -0.15) is 5.06 Å². The van der Waals surface area contributed by atoms with Gasteiger partial charge in [-0.1, -0.05) is 13.8 Å². The summed E-state index contributed by atoms with van der Waals surface area (Å²) in [5.74, 6) is -1.07. The van der Waals surface area contributed by atoms with Crippen LogP contribution in [-0.4, -0.2) is 41.2 Å². The molecule has 2 rings (SSSR count). The number of nitrogens with two attached hydrogens (primary N) is 1. The molecule has 3 N–H and O–H groups in total. The molecule has 2 atom stereocenters. The van der Waals surface area contributed by atoms with E-state index in [1.807, 2.05) is 13.8 Å². The van der Waals surface area contributed by atoms with Gasteiger partial charge in [0, 0.05) is 12.0 Å². The van der Waals surface area contributed by atoms with Crippen LogP contribution >= 0.6 is 7.60 Å². The number of rotatable bonds is 2. The Morgan fingerprint density at radius 1 is 1.37 bits per heavy atom. The van der Waals surface area contributed by atoms with E-state index in [0.29, 0.717) is 0 Å². The van der Waals surface area contributed by atoms with Gasteiger partial charge >= 0.3 is 7.60 Å². The fourth-order valence-electron chi connectivity index (χ4n) is 2.36. The molecule has 110 valence electrons. The standard InChI is InChI=1S/C11H21N2O5P/c1-10(2)6-17-19(16,18-7-10)11(3)4-8(9(12)14)5-13(11)15/h8,15H,4-7H2,1-3H3,(H2,12,14). The van der Waals surface area contributed by atoms with Crippen molar-refractivity contribution in [3.63, 3.8) is 0 Å². The third-order valence-corrected chi connectivity index (χ3v) is 6.36. The second-order valence-electron chi connectivity index (χ2n) is 6.31. The molecule has 0 aromatic rings. The molecule has 0 aliphatic carbocycles. The average molecular weight is 292 g/mol. The number of hydrogen-bond donors (Lipinski definition) is 2. The molecule has 2 heterocycles. The van der Waals surface area contributed by atoms with Crippen LogP contribution in [0.1, 0.15) is 27.2 Å². The highest BCUT2D eigenvalue weighted by molar-refractivity contribution is 7.55. The summed E-state index contributed by atoms with van der Waals surface area (Å²) in [7, 11) is -3.52. The molecule has 1 amide bonds. The maximum Gasteiger partial charge on any atom is 0.352 e. The van der Waals surface area contributed by atoms with Crippen LogP contribution in [0, 0.1) is 11.3 Å². The quantitative estimate of drug-likeness (QED) is 0.741. The summed E-state index contributed by atoms with van der Waals surface area (Å²) in [6.45, 7) is 6.08. The highest BCUT2D eigenvalue weighted by Crippen LogP contribution is 2.67.